The molecule has 6 unspecified atom stereocenters. The van der Waals surface area contributed by atoms with Gasteiger partial charge in [-0.25, -0.2) is 0 Å². The van der Waals surface area contributed by atoms with E-state index in [1.54, 1.807) is 32.1 Å². The number of alkyl halides is 5. The van der Waals surface area contributed by atoms with Gasteiger partial charge in [-0.15, -0.1) is 0 Å². The summed E-state index contributed by atoms with van der Waals surface area (Å²) < 4.78 is 76.7. The highest BCUT2D eigenvalue weighted by Gasteiger charge is 2.79. The molecule has 0 amide bonds. The van der Waals surface area contributed by atoms with Crippen molar-refractivity contribution in [3.8, 4) is 0 Å². The summed E-state index contributed by atoms with van der Waals surface area (Å²) in [4.78, 5) is 23.9. The van der Waals surface area contributed by atoms with Gasteiger partial charge < -0.3 is 9.84 Å². The van der Waals surface area contributed by atoms with E-state index in [0.717, 1.165) is 27.8 Å². The van der Waals surface area contributed by atoms with Crippen LogP contribution in [0, 0.1) is 17.3 Å². The van der Waals surface area contributed by atoms with Crippen LogP contribution in [0.15, 0.2) is 47.1 Å². The largest absolute Gasteiger partial charge is 0.458 e. The van der Waals surface area contributed by atoms with Crippen LogP contribution in [0.1, 0.15) is 95.3 Å². The minimum atomic E-state index is -5.88. The highest BCUT2D eigenvalue weighted by Crippen LogP contribution is 2.70. The molecule has 0 bridgehead atoms. The van der Waals surface area contributed by atoms with Crippen LogP contribution in [0.4, 0.5) is 22.0 Å². The first-order valence-electron chi connectivity index (χ1n) is 14.1. The summed E-state index contributed by atoms with van der Waals surface area (Å²) in [5.74, 6) is -6.90. The Bertz CT molecular complexity index is 1260. The monoisotopic (exact) mass is 566 g/mol. The van der Waals surface area contributed by atoms with E-state index in [1.165, 1.54) is 6.92 Å². The molecule has 1 aromatic rings. The molecule has 1 N–H and O–H groups in total. The predicted octanol–water partition coefficient (Wildman–Crippen LogP) is 7.53. The van der Waals surface area contributed by atoms with Crippen LogP contribution in [0.3, 0.4) is 0 Å². The fraction of sp³-hybridized carbons (Fsp3) is 0.613. The molecule has 0 radical (unpaired) electrons. The number of carbonyl (C=O) groups excluding carboxylic acids is 2. The minimum Gasteiger partial charge on any atom is -0.458 e. The number of fused-ring (bicyclic) bond motifs is 4. The number of ether oxygens (including phenoxy) is 1. The van der Waals surface area contributed by atoms with Crippen molar-refractivity contribution in [2.75, 3.05) is 0 Å². The molecule has 0 heterocycles. The maximum Gasteiger partial charge on any atom is 0.456 e. The van der Waals surface area contributed by atoms with Crippen LogP contribution < -0.4 is 0 Å². The predicted molar refractivity (Wildman–Crippen MR) is 137 cm³/mol. The molecule has 1 aromatic carbocycles. The van der Waals surface area contributed by atoms with Crippen molar-refractivity contribution in [3.63, 3.8) is 0 Å². The zero-order chi connectivity index (χ0) is 29.3. The standard InChI is InChI=1S/C31H35F5O4/c1-4-26(38)40-17(2)18-5-7-19(8-6-18)24-16-28(3)25(13-14-29(28,39)30(32,33)31(34,35)36)23-11-9-20-15-21(37)10-12-22(20)27(23)24/h5-8,15,17,23-25,39H,4,9-14,16H2,1-3H3. The first kappa shape index (κ1) is 29.0. The number of hydrogen-bond acceptors (Lipinski definition) is 4. The normalized spacial score (nSPS) is 33.1. The van der Waals surface area contributed by atoms with E-state index in [9.17, 15) is 27.9 Å². The van der Waals surface area contributed by atoms with Crippen LogP contribution >= 0.6 is 0 Å². The van der Waals surface area contributed by atoms with Gasteiger partial charge in [-0.2, -0.15) is 22.0 Å². The Morgan fingerprint density at radius 2 is 1.77 bits per heavy atom. The second-order valence-corrected chi connectivity index (χ2v) is 12.1. The van der Waals surface area contributed by atoms with Crippen molar-refractivity contribution in [1.82, 2.24) is 0 Å². The average Bonchev–Trinajstić information content (AvgIpc) is 3.18. The van der Waals surface area contributed by atoms with E-state index in [4.69, 9.17) is 4.74 Å². The summed E-state index contributed by atoms with van der Waals surface area (Å²) in [5, 5.41) is 11.4. The van der Waals surface area contributed by atoms with E-state index in [2.05, 4.69) is 0 Å². The smallest absolute Gasteiger partial charge is 0.456 e. The van der Waals surface area contributed by atoms with Crippen molar-refractivity contribution >= 4 is 11.8 Å². The molecule has 0 saturated heterocycles. The second-order valence-electron chi connectivity index (χ2n) is 12.1. The van der Waals surface area contributed by atoms with Crippen molar-refractivity contribution in [1.29, 1.82) is 0 Å². The van der Waals surface area contributed by atoms with Crippen molar-refractivity contribution in [3.05, 3.63) is 58.2 Å². The number of hydrogen-bond donors (Lipinski definition) is 1. The van der Waals surface area contributed by atoms with Gasteiger partial charge in [-0.1, -0.05) is 43.7 Å². The number of esters is 1. The Morgan fingerprint density at radius 1 is 1.10 bits per heavy atom. The van der Waals surface area contributed by atoms with E-state index in [-0.39, 0.29) is 36.9 Å². The second kappa shape index (κ2) is 9.78. The molecule has 4 aliphatic carbocycles. The van der Waals surface area contributed by atoms with Crippen LogP contribution in [0.25, 0.3) is 0 Å². The highest BCUT2D eigenvalue weighted by molar-refractivity contribution is 5.93. The molecule has 2 saturated carbocycles. The lowest BCUT2D eigenvalue weighted by Gasteiger charge is -2.56. The number of rotatable bonds is 5. The van der Waals surface area contributed by atoms with Gasteiger partial charge in [-0.05, 0) is 85.6 Å². The first-order valence-corrected chi connectivity index (χ1v) is 14.1. The lowest BCUT2D eigenvalue weighted by molar-refractivity contribution is -0.362. The van der Waals surface area contributed by atoms with Gasteiger partial charge in [0, 0.05) is 24.2 Å². The summed E-state index contributed by atoms with van der Waals surface area (Å²) in [6, 6.07) is 7.19. The van der Waals surface area contributed by atoms with Crippen LogP contribution in [-0.4, -0.2) is 34.6 Å². The van der Waals surface area contributed by atoms with Crippen LogP contribution in [0.2, 0.25) is 0 Å². The number of ketones is 1. The van der Waals surface area contributed by atoms with Gasteiger partial charge in [0.15, 0.2) is 5.78 Å². The molecular formula is C31H35F5O4. The van der Waals surface area contributed by atoms with Gasteiger partial charge in [0.25, 0.3) is 0 Å². The zero-order valence-corrected chi connectivity index (χ0v) is 22.9. The number of halogens is 5. The van der Waals surface area contributed by atoms with E-state index in [1.807, 2.05) is 12.1 Å². The van der Waals surface area contributed by atoms with E-state index >= 15 is 8.78 Å². The molecule has 0 aliphatic heterocycles. The van der Waals surface area contributed by atoms with Crippen molar-refractivity contribution in [2.24, 2.45) is 17.3 Å². The Labute approximate surface area is 230 Å². The maximum absolute atomic E-state index is 15.1. The lowest BCUT2D eigenvalue weighted by atomic mass is 9.50. The number of carbonyl (C=O) groups is 2. The Morgan fingerprint density at radius 3 is 2.40 bits per heavy atom. The molecule has 4 nitrogen and oxygen atoms in total. The van der Waals surface area contributed by atoms with Crippen LogP contribution in [-0.2, 0) is 14.3 Å². The number of aliphatic hydroxyl groups is 1. The molecule has 40 heavy (non-hydrogen) atoms. The fourth-order valence-electron chi connectivity index (χ4n) is 8.06. The SMILES string of the molecule is CCC(=O)OC(C)c1ccc(C2CC3(C)C(CCC3(O)C(F)(F)C(F)(F)F)C3CCC4=CC(=O)CCC4=C23)cc1. The molecule has 2 fully saturated rings. The third-order valence-electron chi connectivity index (χ3n) is 10.2. The summed E-state index contributed by atoms with van der Waals surface area (Å²) in [6.45, 7) is 4.85. The van der Waals surface area contributed by atoms with Crippen molar-refractivity contribution < 1.29 is 41.4 Å². The van der Waals surface area contributed by atoms with Gasteiger partial charge in [0.05, 0.1) is 0 Å². The lowest BCUT2D eigenvalue weighted by Crippen LogP contribution is -2.65. The van der Waals surface area contributed by atoms with Crippen molar-refractivity contribution in [2.45, 2.75) is 102 Å². The fourth-order valence-corrected chi connectivity index (χ4v) is 8.06. The Hall–Kier alpha value is -2.55. The van der Waals surface area contributed by atoms with Gasteiger partial charge >= 0.3 is 18.1 Å². The Balaban J connectivity index is 1.61. The van der Waals surface area contributed by atoms with Gasteiger partial charge in [-0.3, -0.25) is 9.59 Å². The highest BCUT2D eigenvalue weighted by atomic mass is 19.4. The summed E-state index contributed by atoms with van der Waals surface area (Å²) in [6.07, 6.45) is -3.20. The summed E-state index contributed by atoms with van der Waals surface area (Å²) in [5.41, 5.74) is -0.485. The molecule has 4 aliphatic rings. The summed E-state index contributed by atoms with van der Waals surface area (Å²) >= 11 is 0. The van der Waals surface area contributed by atoms with Crippen LogP contribution in [0.5, 0.6) is 0 Å². The third kappa shape index (κ3) is 4.25. The zero-order valence-electron chi connectivity index (χ0n) is 22.9. The molecule has 0 spiro atoms. The summed E-state index contributed by atoms with van der Waals surface area (Å²) in [7, 11) is 0. The molecule has 218 valence electrons. The molecule has 0 aromatic heterocycles. The van der Waals surface area contributed by atoms with E-state index in [0.29, 0.717) is 25.7 Å². The number of allylic oxidation sites excluding steroid dienone is 4. The molecule has 6 atom stereocenters. The van der Waals surface area contributed by atoms with Gasteiger partial charge in [0.2, 0.25) is 0 Å². The third-order valence-corrected chi connectivity index (χ3v) is 10.2. The maximum atomic E-state index is 15.1. The number of benzene rings is 1. The first-order chi connectivity index (χ1) is 18.6. The molecule has 9 heteroatoms. The molecule has 5 rings (SSSR count). The van der Waals surface area contributed by atoms with Gasteiger partial charge in [0.1, 0.15) is 11.7 Å². The Kier molecular flexibility index (Phi) is 7.08. The average molecular weight is 567 g/mol. The topological polar surface area (TPSA) is 63.6 Å². The molecular weight excluding hydrogens is 531 g/mol. The quantitative estimate of drug-likeness (QED) is 0.296. The van der Waals surface area contributed by atoms with E-state index < -0.39 is 47.5 Å². The minimum absolute atomic E-state index is 0.0371.